The predicted molar refractivity (Wildman–Crippen MR) is 114 cm³/mol. The van der Waals surface area contributed by atoms with Gasteiger partial charge in [-0.15, -0.1) is 0 Å². The number of primary amides is 1. The molecule has 2 amide bonds. The molecule has 1 aliphatic heterocycles. The Bertz CT molecular complexity index is 1210. The largest absolute Gasteiger partial charge is 0.417 e. The highest BCUT2D eigenvalue weighted by atomic mass is 19.4. The fourth-order valence-corrected chi connectivity index (χ4v) is 3.67. The third-order valence-electron chi connectivity index (χ3n) is 5.53. The highest BCUT2D eigenvalue weighted by molar-refractivity contribution is 5.91. The molecule has 1 saturated heterocycles. The van der Waals surface area contributed by atoms with Gasteiger partial charge in [-0.2, -0.15) is 13.2 Å². The molecule has 4 N–H and O–H groups in total. The maximum Gasteiger partial charge on any atom is 0.417 e. The molecule has 1 aromatic carbocycles. The molecule has 1 unspecified atom stereocenters. The maximum absolute atomic E-state index is 12.7. The second kappa shape index (κ2) is 9.18. The fraction of sp³-hybridized carbons (Fsp3) is 0.261. The highest BCUT2D eigenvalue weighted by Gasteiger charge is 2.31. The van der Waals surface area contributed by atoms with Crippen LogP contribution in [0.3, 0.4) is 0 Å². The first kappa shape index (κ1) is 23.3. The van der Waals surface area contributed by atoms with Crippen molar-refractivity contribution in [2.24, 2.45) is 11.7 Å². The smallest absolute Gasteiger partial charge is 0.382 e. The summed E-state index contributed by atoms with van der Waals surface area (Å²) in [6.45, 7) is 0.585. The summed E-state index contributed by atoms with van der Waals surface area (Å²) in [5.41, 5.74) is 5.99. The third kappa shape index (κ3) is 5.04. The molecule has 2 atom stereocenters. The molecule has 0 saturated carbocycles. The second-order valence-corrected chi connectivity index (χ2v) is 7.91. The van der Waals surface area contributed by atoms with Gasteiger partial charge < -0.3 is 16.2 Å². The van der Waals surface area contributed by atoms with Gasteiger partial charge in [0.2, 0.25) is 5.91 Å². The molecule has 4 rings (SSSR count). The van der Waals surface area contributed by atoms with E-state index in [1.165, 1.54) is 6.07 Å². The second-order valence-electron chi connectivity index (χ2n) is 7.91. The number of carbonyl (C=O) groups is 2. The molecule has 3 heterocycles. The molecule has 3 aromatic rings. The van der Waals surface area contributed by atoms with Gasteiger partial charge in [0.1, 0.15) is 11.8 Å². The van der Waals surface area contributed by atoms with Gasteiger partial charge >= 0.3 is 6.18 Å². The molecule has 0 aliphatic carbocycles. The lowest BCUT2D eigenvalue weighted by Gasteiger charge is -2.13. The van der Waals surface area contributed by atoms with Crippen LogP contribution in [0.1, 0.15) is 45.5 Å². The van der Waals surface area contributed by atoms with E-state index < -0.39 is 23.8 Å². The van der Waals surface area contributed by atoms with Gasteiger partial charge in [-0.05, 0) is 30.2 Å². The number of aliphatic hydroxyl groups is 1. The van der Waals surface area contributed by atoms with Crippen LogP contribution in [0.2, 0.25) is 0 Å². The molecule has 34 heavy (non-hydrogen) atoms. The number of carbonyl (C=O) groups excluding carboxylic acids is 2. The standard InChI is InChI=1S/C23H20F3N5O3/c24-23(25,26)15-5-6-17(29-11-15)19(32)12-1-3-13(4-2-12)21-30-16(10-18(31-21)20(27)33)9-14-7-8-28-22(14)34/h1-6,10-11,14,19,32H,7-9H2,(H2,27,33)(H,28,34)/t14-,19?/m1/s1. The summed E-state index contributed by atoms with van der Waals surface area (Å²) in [6, 6.07) is 9.77. The lowest BCUT2D eigenvalue weighted by Crippen LogP contribution is -2.21. The van der Waals surface area contributed by atoms with Crippen molar-refractivity contribution in [1.82, 2.24) is 20.3 Å². The first-order valence-corrected chi connectivity index (χ1v) is 10.4. The Hall–Kier alpha value is -3.86. The van der Waals surface area contributed by atoms with Crippen LogP contribution in [-0.2, 0) is 17.4 Å². The molecule has 1 fully saturated rings. The molecule has 0 spiro atoms. The number of aromatic nitrogens is 3. The summed E-state index contributed by atoms with van der Waals surface area (Å²) in [4.78, 5) is 36.1. The van der Waals surface area contributed by atoms with Crippen LogP contribution in [0.4, 0.5) is 13.2 Å². The number of halogens is 3. The van der Waals surface area contributed by atoms with Crippen LogP contribution in [-0.4, -0.2) is 38.4 Å². The summed E-state index contributed by atoms with van der Waals surface area (Å²) in [6.07, 6.45) is -4.10. The van der Waals surface area contributed by atoms with Crippen LogP contribution < -0.4 is 11.1 Å². The number of hydrogen-bond acceptors (Lipinski definition) is 6. The normalized spacial score (nSPS) is 16.8. The number of hydrogen-bond donors (Lipinski definition) is 3. The van der Waals surface area contributed by atoms with Crippen molar-refractivity contribution in [3.63, 3.8) is 0 Å². The van der Waals surface area contributed by atoms with E-state index in [9.17, 15) is 27.9 Å². The van der Waals surface area contributed by atoms with Gasteiger partial charge in [-0.1, -0.05) is 24.3 Å². The van der Waals surface area contributed by atoms with Crippen LogP contribution in [0.5, 0.6) is 0 Å². The first-order chi connectivity index (χ1) is 16.1. The number of benzene rings is 1. The quantitative estimate of drug-likeness (QED) is 0.506. The van der Waals surface area contributed by atoms with Crippen LogP contribution in [0, 0.1) is 5.92 Å². The lowest BCUT2D eigenvalue weighted by molar-refractivity contribution is -0.137. The zero-order chi connectivity index (χ0) is 24.5. The molecule has 2 aromatic heterocycles. The van der Waals surface area contributed by atoms with Gasteiger partial charge in [-0.3, -0.25) is 14.6 Å². The molecule has 1 aliphatic rings. The van der Waals surface area contributed by atoms with Crippen molar-refractivity contribution in [2.75, 3.05) is 6.54 Å². The monoisotopic (exact) mass is 471 g/mol. The number of alkyl halides is 3. The number of rotatable bonds is 6. The molecule has 176 valence electrons. The number of nitrogens with zero attached hydrogens (tertiary/aromatic N) is 3. The van der Waals surface area contributed by atoms with Gasteiger partial charge in [-0.25, -0.2) is 9.97 Å². The van der Waals surface area contributed by atoms with Crippen LogP contribution >= 0.6 is 0 Å². The summed E-state index contributed by atoms with van der Waals surface area (Å²) in [5.74, 6) is -0.840. The minimum absolute atomic E-state index is 0.0106. The number of amides is 2. The van der Waals surface area contributed by atoms with Gasteiger partial charge in [0.15, 0.2) is 5.82 Å². The van der Waals surface area contributed by atoms with E-state index in [-0.39, 0.29) is 29.0 Å². The first-order valence-electron chi connectivity index (χ1n) is 10.4. The van der Waals surface area contributed by atoms with E-state index in [0.29, 0.717) is 42.4 Å². The van der Waals surface area contributed by atoms with Crippen molar-refractivity contribution in [3.05, 3.63) is 76.9 Å². The van der Waals surface area contributed by atoms with Crippen LogP contribution in [0.25, 0.3) is 11.4 Å². The molecule has 8 nitrogen and oxygen atoms in total. The Morgan fingerprint density at radius 2 is 1.91 bits per heavy atom. The number of pyridine rings is 1. The number of aliphatic hydroxyl groups excluding tert-OH is 1. The summed E-state index contributed by atoms with van der Waals surface area (Å²) in [7, 11) is 0. The SMILES string of the molecule is NC(=O)c1cc(C[C@H]2CCNC2=O)nc(-c2ccc(C(O)c3ccc(C(F)(F)F)cn3)cc2)n1. The Morgan fingerprint density at radius 1 is 1.18 bits per heavy atom. The minimum Gasteiger partial charge on any atom is -0.382 e. The average Bonchev–Trinajstić information content (AvgIpc) is 3.22. The van der Waals surface area contributed by atoms with Gasteiger partial charge in [0.05, 0.1) is 11.3 Å². The Labute approximate surface area is 192 Å². The minimum atomic E-state index is -4.52. The van der Waals surface area contributed by atoms with E-state index in [1.54, 1.807) is 24.3 Å². The van der Waals surface area contributed by atoms with Crippen molar-refractivity contribution in [1.29, 1.82) is 0 Å². The molecule has 0 radical (unpaired) electrons. The van der Waals surface area contributed by atoms with Crippen molar-refractivity contribution in [3.8, 4) is 11.4 Å². The Balaban J connectivity index is 1.58. The topological polar surface area (TPSA) is 131 Å². The zero-order valence-electron chi connectivity index (χ0n) is 17.7. The molecule has 11 heteroatoms. The summed E-state index contributed by atoms with van der Waals surface area (Å²) >= 11 is 0. The number of nitrogens with one attached hydrogen (secondary N) is 1. The van der Waals surface area contributed by atoms with Crippen molar-refractivity contribution >= 4 is 11.8 Å². The van der Waals surface area contributed by atoms with Gasteiger partial charge in [0, 0.05) is 36.3 Å². The van der Waals surface area contributed by atoms with Crippen LogP contribution in [0.15, 0.2) is 48.7 Å². The lowest BCUT2D eigenvalue weighted by atomic mass is 10.0. The van der Waals surface area contributed by atoms with Gasteiger partial charge in [0.25, 0.3) is 5.91 Å². The molecular weight excluding hydrogens is 451 g/mol. The van der Waals surface area contributed by atoms with Crippen molar-refractivity contribution in [2.45, 2.75) is 25.1 Å². The van der Waals surface area contributed by atoms with E-state index in [0.717, 1.165) is 12.1 Å². The van der Waals surface area contributed by atoms with Crippen molar-refractivity contribution < 1.29 is 27.9 Å². The van der Waals surface area contributed by atoms with E-state index >= 15 is 0 Å². The van der Waals surface area contributed by atoms with E-state index in [1.807, 2.05) is 0 Å². The molecule has 0 bridgehead atoms. The third-order valence-corrected chi connectivity index (χ3v) is 5.53. The zero-order valence-corrected chi connectivity index (χ0v) is 17.7. The average molecular weight is 471 g/mol. The fourth-order valence-electron chi connectivity index (χ4n) is 3.67. The highest BCUT2D eigenvalue weighted by Crippen LogP contribution is 2.30. The summed E-state index contributed by atoms with van der Waals surface area (Å²) in [5, 5.41) is 13.3. The number of nitrogens with two attached hydrogens (primary N) is 1. The summed E-state index contributed by atoms with van der Waals surface area (Å²) < 4.78 is 38.2. The maximum atomic E-state index is 12.7. The Kier molecular flexibility index (Phi) is 6.29. The predicted octanol–water partition coefficient (Wildman–Crippen LogP) is 2.42. The molecular formula is C23H20F3N5O3. The van der Waals surface area contributed by atoms with E-state index in [2.05, 4.69) is 20.3 Å². The Morgan fingerprint density at radius 3 is 2.47 bits per heavy atom. The van der Waals surface area contributed by atoms with E-state index in [4.69, 9.17) is 5.73 Å².